The van der Waals surface area contributed by atoms with E-state index in [1.54, 1.807) is 4.68 Å². The van der Waals surface area contributed by atoms with Gasteiger partial charge in [-0.25, -0.2) is 0 Å². The van der Waals surface area contributed by atoms with E-state index in [9.17, 15) is 0 Å². The molecule has 1 heterocycles. The van der Waals surface area contributed by atoms with Gasteiger partial charge in [0.25, 0.3) is 0 Å². The van der Waals surface area contributed by atoms with Gasteiger partial charge in [-0.2, -0.15) is 5.10 Å². The molecule has 0 aliphatic heterocycles. The fourth-order valence-corrected chi connectivity index (χ4v) is 1.16. The van der Waals surface area contributed by atoms with Crippen molar-refractivity contribution in [2.75, 3.05) is 0 Å². The zero-order chi connectivity index (χ0) is 6.85. The van der Waals surface area contributed by atoms with Crippen molar-refractivity contribution in [2.45, 2.75) is 6.54 Å². The van der Waals surface area contributed by atoms with Crippen molar-refractivity contribution in [3.8, 4) is 0 Å². The maximum atomic E-state index is 5.38. The summed E-state index contributed by atoms with van der Waals surface area (Å²) in [5.41, 5.74) is 6.42. The van der Waals surface area contributed by atoms with E-state index in [4.69, 9.17) is 5.73 Å². The van der Waals surface area contributed by atoms with Gasteiger partial charge in [0.2, 0.25) is 0 Å². The van der Waals surface area contributed by atoms with Gasteiger partial charge in [-0.05, 0) is 15.9 Å². The Hall–Kier alpha value is -0.0600. The summed E-state index contributed by atoms with van der Waals surface area (Å²) in [7, 11) is 1.86. The molecule has 0 spiro atoms. The average Bonchev–Trinajstić information content (AvgIpc) is 2.10. The molecule has 3 nitrogen and oxygen atoms in total. The largest absolute Gasteiger partial charge is 0.326 e. The smallest absolute Gasteiger partial charge is 0.132 e. The summed E-state index contributed by atoms with van der Waals surface area (Å²) in [6, 6.07) is 0. The molecule has 58 valence electrons. The summed E-state index contributed by atoms with van der Waals surface area (Å²) in [5, 5.41) is 4.04. The second kappa shape index (κ2) is 3.95. The second-order valence-corrected chi connectivity index (χ2v) is 2.57. The molecule has 10 heavy (non-hydrogen) atoms. The van der Waals surface area contributed by atoms with Crippen LogP contribution >= 0.6 is 28.3 Å². The third kappa shape index (κ3) is 1.97. The second-order valence-electron chi connectivity index (χ2n) is 1.82. The number of halogens is 2. The molecule has 0 aliphatic carbocycles. The highest BCUT2D eigenvalue weighted by Gasteiger charge is 1.99. The highest BCUT2D eigenvalue weighted by atomic mass is 79.9. The van der Waals surface area contributed by atoms with Gasteiger partial charge in [0.15, 0.2) is 0 Å². The number of aryl methyl sites for hydroxylation is 1. The summed E-state index contributed by atoms with van der Waals surface area (Å²) in [6.07, 6.45) is 1.89. The van der Waals surface area contributed by atoms with E-state index in [0.29, 0.717) is 6.54 Å². The molecule has 1 aromatic heterocycles. The maximum absolute atomic E-state index is 5.38. The van der Waals surface area contributed by atoms with Gasteiger partial charge in [0, 0.05) is 25.4 Å². The molecule has 1 rings (SSSR count). The molecule has 0 bridgehead atoms. The van der Waals surface area contributed by atoms with Gasteiger partial charge in [-0.15, -0.1) is 12.4 Å². The van der Waals surface area contributed by atoms with E-state index in [1.165, 1.54) is 0 Å². The van der Waals surface area contributed by atoms with Crippen molar-refractivity contribution in [3.63, 3.8) is 0 Å². The van der Waals surface area contributed by atoms with Crippen molar-refractivity contribution in [1.82, 2.24) is 9.78 Å². The summed E-state index contributed by atoms with van der Waals surface area (Å²) in [6.45, 7) is 0.536. The SMILES string of the molecule is Cl.Cn1cc(CN)c(Br)n1. The fraction of sp³-hybridized carbons (Fsp3) is 0.400. The van der Waals surface area contributed by atoms with Crippen LogP contribution in [-0.4, -0.2) is 9.78 Å². The highest BCUT2D eigenvalue weighted by molar-refractivity contribution is 9.10. The minimum atomic E-state index is 0. The van der Waals surface area contributed by atoms with E-state index >= 15 is 0 Å². The number of nitrogens with two attached hydrogens (primary N) is 1. The first-order valence-corrected chi connectivity index (χ1v) is 3.41. The third-order valence-corrected chi connectivity index (χ3v) is 1.74. The lowest BCUT2D eigenvalue weighted by atomic mass is 10.4. The van der Waals surface area contributed by atoms with Crippen LogP contribution in [0.5, 0.6) is 0 Å². The van der Waals surface area contributed by atoms with Crippen LogP contribution in [0.2, 0.25) is 0 Å². The van der Waals surface area contributed by atoms with Crippen LogP contribution in [0, 0.1) is 0 Å². The van der Waals surface area contributed by atoms with Gasteiger partial charge in [-0.3, -0.25) is 4.68 Å². The Morgan fingerprint density at radius 2 is 2.40 bits per heavy atom. The van der Waals surface area contributed by atoms with Gasteiger partial charge in [0.1, 0.15) is 4.60 Å². The fourth-order valence-electron chi connectivity index (χ4n) is 0.647. The molecule has 0 radical (unpaired) electrons. The molecule has 0 atom stereocenters. The van der Waals surface area contributed by atoms with Crippen LogP contribution in [0.4, 0.5) is 0 Å². The molecule has 2 N–H and O–H groups in total. The Labute approximate surface area is 74.1 Å². The molecule has 0 aliphatic rings. The normalized spacial score (nSPS) is 9.10. The standard InChI is InChI=1S/C5H8BrN3.ClH/c1-9-3-4(2-7)5(6)8-9;/h3H,2,7H2,1H3;1H. The molecule has 1 aromatic rings. The van der Waals surface area contributed by atoms with Crippen molar-refractivity contribution in [1.29, 1.82) is 0 Å². The van der Waals surface area contributed by atoms with Crippen LogP contribution in [0.3, 0.4) is 0 Å². The number of hydrogen-bond donors (Lipinski definition) is 1. The lowest BCUT2D eigenvalue weighted by molar-refractivity contribution is 0.760. The summed E-state index contributed by atoms with van der Waals surface area (Å²) in [5.74, 6) is 0. The monoisotopic (exact) mass is 225 g/mol. The number of nitrogens with zero attached hydrogens (tertiary/aromatic N) is 2. The van der Waals surface area contributed by atoms with E-state index in [1.807, 2.05) is 13.2 Å². The lowest BCUT2D eigenvalue weighted by Gasteiger charge is -1.84. The predicted octanol–water partition coefficient (Wildman–Crippen LogP) is 1.06. The summed E-state index contributed by atoms with van der Waals surface area (Å²) in [4.78, 5) is 0. The molecule has 5 heteroatoms. The molecular weight excluding hydrogens is 217 g/mol. The van der Waals surface area contributed by atoms with Crippen molar-refractivity contribution in [3.05, 3.63) is 16.4 Å². The summed E-state index contributed by atoms with van der Waals surface area (Å²) < 4.78 is 2.57. The molecule has 0 saturated heterocycles. The first-order chi connectivity index (χ1) is 4.24. The zero-order valence-corrected chi connectivity index (χ0v) is 7.94. The Kier molecular flexibility index (Phi) is 3.93. The zero-order valence-electron chi connectivity index (χ0n) is 5.54. The molecule has 0 amide bonds. The van der Waals surface area contributed by atoms with E-state index in [2.05, 4.69) is 21.0 Å². The number of rotatable bonds is 1. The Morgan fingerprint density at radius 3 is 2.60 bits per heavy atom. The molecule has 0 saturated carbocycles. The Balaban J connectivity index is 0.000000810. The van der Waals surface area contributed by atoms with Crippen LogP contribution in [0.1, 0.15) is 5.56 Å². The van der Waals surface area contributed by atoms with E-state index in [-0.39, 0.29) is 12.4 Å². The first-order valence-electron chi connectivity index (χ1n) is 2.62. The number of hydrogen-bond acceptors (Lipinski definition) is 2. The Morgan fingerprint density at radius 1 is 1.80 bits per heavy atom. The molecule has 0 aromatic carbocycles. The van der Waals surface area contributed by atoms with Crippen LogP contribution < -0.4 is 5.73 Å². The predicted molar refractivity (Wildman–Crippen MR) is 46.0 cm³/mol. The maximum Gasteiger partial charge on any atom is 0.132 e. The minimum absolute atomic E-state index is 0. The van der Waals surface area contributed by atoms with Crippen molar-refractivity contribution < 1.29 is 0 Å². The number of aromatic nitrogens is 2. The van der Waals surface area contributed by atoms with E-state index < -0.39 is 0 Å². The van der Waals surface area contributed by atoms with E-state index in [0.717, 1.165) is 10.2 Å². The quantitative estimate of drug-likeness (QED) is 0.778. The van der Waals surface area contributed by atoms with Gasteiger partial charge in [-0.1, -0.05) is 0 Å². The van der Waals surface area contributed by atoms with Crippen molar-refractivity contribution >= 4 is 28.3 Å². The first kappa shape index (κ1) is 9.94. The third-order valence-electron chi connectivity index (χ3n) is 1.07. The van der Waals surface area contributed by atoms with Crippen LogP contribution in [0.15, 0.2) is 10.8 Å². The van der Waals surface area contributed by atoms with Gasteiger partial charge >= 0.3 is 0 Å². The molecule has 0 fully saturated rings. The lowest BCUT2D eigenvalue weighted by Crippen LogP contribution is -1.94. The Bertz CT molecular complexity index is 211. The highest BCUT2D eigenvalue weighted by Crippen LogP contribution is 2.11. The van der Waals surface area contributed by atoms with Crippen LogP contribution in [0.25, 0.3) is 0 Å². The van der Waals surface area contributed by atoms with Crippen LogP contribution in [-0.2, 0) is 13.6 Å². The van der Waals surface area contributed by atoms with Crippen molar-refractivity contribution in [2.24, 2.45) is 12.8 Å². The van der Waals surface area contributed by atoms with Gasteiger partial charge < -0.3 is 5.73 Å². The molecular formula is C5H9BrClN3. The molecule has 0 unspecified atom stereocenters. The minimum Gasteiger partial charge on any atom is -0.326 e. The topological polar surface area (TPSA) is 43.8 Å². The van der Waals surface area contributed by atoms with Gasteiger partial charge in [0.05, 0.1) is 0 Å². The summed E-state index contributed by atoms with van der Waals surface area (Å²) >= 11 is 3.27. The average molecular weight is 227 g/mol.